The minimum atomic E-state index is -1.72. The van der Waals surface area contributed by atoms with Crippen LogP contribution in [-0.2, 0) is 68.8 Å². The van der Waals surface area contributed by atoms with Crippen molar-refractivity contribution in [2.24, 2.45) is 33.8 Å². The molecule has 1 aliphatic heterocycles. The van der Waals surface area contributed by atoms with E-state index in [1.807, 2.05) is 56.3 Å². The molecule has 0 radical (unpaired) electrons. The molecule has 3 aromatic carbocycles. The number of primary amides is 1. The maximum absolute atomic E-state index is 15.0. The Morgan fingerprint density at radius 3 is 1.75 bits per heavy atom. The van der Waals surface area contributed by atoms with Gasteiger partial charge in [0.05, 0.1) is 25.5 Å². The number of rotatable bonds is 31. The molecule has 0 bridgehead atoms. The number of para-hydroxylation sites is 2. The molecule has 6 aromatic rings. The lowest BCUT2D eigenvalue weighted by molar-refractivity contribution is -0.142. The average Bonchev–Trinajstić information content (AvgIpc) is 2.76. The first-order chi connectivity index (χ1) is 41.7. The molecule has 20 N–H and O–H groups in total. The van der Waals surface area contributed by atoms with Crippen LogP contribution in [0.15, 0.2) is 103 Å². The molecule has 1 fully saturated rings. The van der Waals surface area contributed by atoms with Gasteiger partial charge in [-0.2, -0.15) is 0 Å². The second-order valence-electron chi connectivity index (χ2n) is 21.9. The van der Waals surface area contributed by atoms with E-state index < -0.39 is 115 Å². The van der Waals surface area contributed by atoms with E-state index in [9.17, 15) is 53.4 Å². The number of aromatic nitrogens is 4. The molecule has 0 spiro atoms. The van der Waals surface area contributed by atoms with Crippen molar-refractivity contribution in [3.63, 3.8) is 0 Å². The summed E-state index contributed by atoms with van der Waals surface area (Å²) in [5, 5.41) is 41.1. The fraction of sp³-hybridized carbons (Fsp3) is 0.407. The fourth-order valence-corrected chi connectivity index (χ4v) is 10.4. The van der Waals surface area contributed by atoms with E-state index in [0.717, 1.165) is 10.9 Å². The van der Waals surface area contributed by atoms with Crippen LogP contribution in [0, 0.1) is 5.92 Å². The minimum Gasteiger partial charge on any atom is -0.508 e. The number of nitrogens with zero attached hydrogens (tertiary/aromatic N) is 3. The van der Waals surface area contributed by atoms with Crippen molar-refractivity contribution in [3.05, 3.63) is 120 Å². The number of aliphatic hydroxyl groups excluding tert-OH is 1. The van der Waals surface area contributed by atoms with Crippen LogP contribution in [0.25, 0.3) is 21.8 Å². The maximum Gasteiger partial charge on any atom is 0.245 e. The zero-order chi connectivity index (χ0) is 62.7. The summed E-state index contributed by atoms with van der Waals surface area (Å²) < 4.78 is 0. The minimum absolute atomic E-state index is 0.00812. The number of imidazole rings is 1. The first-order valence-electron chi connectivity index (χ1n) is 28.6. The van der Waals surface area contributed by atoms with Crippen molar-refractivity contribution in [3.8, 4) is 5.75 Å². The topological polar surface area (TPSA) is 458 Å². The molecule has 4 heterocycles. The number of H-pyrrole nitrogens is 3. The first-order valence-corrected chi connectivity index (χ1v) is 28.6. The number of phenolic OH excluding ortho intramolecular Hbond substituents is 1. The Balaban J connectivity index is 1.14. The number of aliphatic imine (C=N–C) groups is 1. The molecule has 0 saturated carbocycles. The van der Waals surface area contributed by atoms with Gasteiger partial charge in [-0.3, -0.25) is 48.1 Å². The summed E-state index contributed by atoms with van der Waals surface area (Å²) in [6, 6.07) is 9.54. The molecule has 9 amide bonds. The Morgan fingerprint density at radius 2 is 1.20 bits per heavy atom. The van der Waals surface area contributed by atoms with E-state index >= 15 is 0 Å². The monoisotopic (exact) mass is 1200 g/mol. The number of aliphatic hydroxyl groups is 1. The largest absolute Gasteiger partial charge is 0.508 e. The van der Waals surface area contributed by atoms with Crippen LogP contribution in [-0.4, -0.2) is 169 Å². The predicted molar refractivity (Wildman–Crippen MR) is 321 cm³/mol. The van der Waals surface area contributed by atoms with Gasteiger partial charge in [0.25, 0.3) is 0 Å². The molecule has 28 heteroatoms. The van der Waals surface area contributed by atoms with Gasteiger partial charge in [0.2, 0.25) is 53.2 Å². The van der Waals surface area contributed by atoms with Gasteiger partial charge in [0, 0.05) is 84.9 Å². The maximum atomic E-state index is 15.0. The number of nitrogens with two attached hydrogens (primary N) is 4. The number of hydrogen-bond acceptors (Lipinski definition) is 14. The number of hydrogen-bond donors (Lipinski definition) is 16. The highest BCUT2D eigenvalue weighted by atomic mass is 16.3. The second kappa shape index (κ2) is 30.8. The third-order valence-electron chi connectivity index (χ3n) is 14.8. The molecular formula is C59H77N17O11. The number of amides is 9. The van der Waals surface area contributed by atoms with E-state index in [1.54, 1.807) is 18.5 Å². The Morgan fingerprint density at radius 1 is 0.667 bits per heavy atom. The number of aromatic amines is 3. The predicted octanol–water partition coefficient (Wildman–Crippen LogP) is -1.73. The van der Waals surface area contributed by atoms with Crippen molar-refractivity contribution < 1.29 is 53.4 Å². The molecule has 464 valence electrons. The summed E-state index contributed by atoms with van der Waals surface area (Å²) in [4.78, 5) is 145. The molecule has 3 aromatic heterocycles. The van der Waals surface area contributed by atoms with Crippen LogP contribution in [0.2, 0.25) is 0 Å². The second-order valence-corrected chi connectivity index (χ2v) is 21.9. The van der Waals surface area contributed by atoms with E-state index in [2.05, 4.69) is 62.1 Å². The van der Waals surface area contributed by atoms with Crippen molar-refractivity contribution in [2.45, 2.75) is 120 Å². The van der Waals surface area contributed by atoms with Crippen LogP contribution in [0.3, 0.4) is 0 Å². The van der Waals surface area contributed by atoms with Gasteiger partial charge >= 0.3 is 0 Å². The van der Waals surface area contributed by atoms with Crippen LogP contribution in [0.4, 0.5) is 0 Å². The number of fused-ring (bicyclic) bond motifs is 2. The molecule has 28 nitrogen and oxygen atoms in total. The van der Waals surface area contributed by atoms with Gasteiger partial charge in [-0.1, -0.05) is 62.4 Å². The van der Waals surface area contributed by atoms with Crippen molar-refractivity contribution >= 4 is 80.9 Å². The van der Waals surface area contributed by atoms with Gasteiger partial charge in [0.15, 0.2) is 5.96 Å². The van der Waals surface area contributed by atoms with E-state index in [4.69, 9.17) is 22.9 Å². The Labute approximate surface area is 500 Å². The quantitative estimate of drug-likeness (QED) is 0.0131. The van der Waals surface area contributed by atoms with Gasteiger partial charge in [0.1, 0.15) is 48.0 Å². The summed E-state index contributed by atoms with van der Waals surface area (Å²) >= 11 is 0. The number of likely N-dealkylation sites (tertiary alicyclic amines) is 1. The molecule has 87 heavy (non-hydrogen) atoms. The van der Waals surface area contributed by atoms with Crippen molar-refractivity contribution in [1.82, 2.24) is 62.1 Å². The lowest BCUT2D eigenvalue weighted by Gasteiger charge is -2.30. The Kier molecular flexibility index (Phi) is 22.9. The van der Waals surface area contributed by atoms with Crippen LogP contribution in [0.1, 0.15) is 68.3 Å². The van der Waals surface area contributed by atoms with Crippen LogP contribution in [0.5, 0.6) is 5.75 Å². The molecule has 1 aliphatic rings. The Hall–Kier alpha value is -9.83. The van der Waals surface area contributed by atoms with Gasteiger partial charge < -0.3 is 90.2 Å². The summed E-state index contributed by atoms with van der Waals surface area (Å²) in [5.74, 6) is -7.61. The van der Waals surface area contributed by atoms with E-state index in [-0.39, 0.29) is 82.1 Å². The zero-order valence-electron chi connectivity index (χ0n) is 48.3. The third-order valence-corrected chi connectivity index (χ3v) is 14.8. The number of nitrogens with one attached hydrogen (secondary N) is 10. The number of carbonyl (C=O) groups is 9. The molecule has 7 rings (SSSR count). The van der Waals surface area contributed by atoms with E-state index in [1.165, 1.54) is 41.7 Å². The van der Waals surface area contributed by atoms with Gasteiger partial charge in [-0.25, -0.2) is 4.98 Å². The third kappa shape index (κ3) is 18.3. The van der Waals surface area contributed by atoms with E-state index in [0.29, 0.717) is 39.7 Å². The smallest absolute Gasteiger partial charge is 0.245 e. The summed E-state index contributed by atoms with van der Waals surface area (Å²) in [5.41, 5.74) is 26.4. The highest BCUT2D eigenvalue weighted by molar-refractivity contribution is 5.99. The number of benzene rings is 3. The summed E-state index contributed by atoms with van der Waals surface area (Å²) in [7, 11) is 0. The number of carbonyl (C=O) groups excluding carboxylic acids is 9. The van der Waals surface area contributed by atoms with Gasteiger partial charge in [-0.15, -0.1) is 0 Å². The Bertz CT molecular complexity index is 3400. The first kappa shape index (κ1) is 64.7. The van der Waals surface area contributed by atoms with Crippen LogP contribution < -0.4 is 60.2 Å². The summed E-state index contributed by atoms with van der Waals surface area (Å²) in [6.07, 6.45) is 6.82. The molecular weight excluding hydrogens is 1120 g/mol. The van der Waals surface area contributed by atoms with Crippen molar-refractivity contribution in [2.75, 3.05) is 26.2 Å². The normalized spacial score (nSPS) is 15.5. The fourth-order valence-electron chi connectivity index (χ4n) is 10.4. The standard InChI is InChI=1S/C59H77N17O11/c1-32(2)21-44(52(81)70-43(13-7-19-65-59(62)63)58(87)76-20-8-14-49(76)57(86)68-29-50(61)79)72-54(83)47(24-35-27-67-42-12-6-4-10-39(35)42)74-53(82)45(22-33-15-17-37(78)18-16-33)73-56(85)48(30-77)75-55(84)46(23-34-26-66-41-11-5-3-9-38(34)41)71-51(80)40(60)25-36-28-64-31-69-36/h3-6,9-12,15-18,26-28,31-32,40,43-49,66-67,77-78H,7-8,13-14,19-25,29-30,60H2,1-2H3,(H2,61,79)(H,64,69)(H,68,86)(H,70,81)(H,71,80)(H,72,83)(H,73,85)(H,74,82)(H,75,84)(H4,62,63,65)/t40-,43-,44-,45-,46-,47+,48-,49-/m0/s1. The lowest BCUT2D eigenvalue weighted by atomic mass is 9.99. The molecule has 8 atom stereocenters. The number of guanidine groups is 1. The number of phenols is 1. The number of aromatic hydroxyl groups is 1. The van der Waals surface area contributed by atoms with Crippen molar-refractivity contribution in [1.29, 1.82) is 0 Å². The molecule has 0 aliphatic carbocycles. The highest BCUT2D eigenvalue weighted by Crippen LogP contribution is 2.23. The SMILES string of the molecule is CC(C)C[C@H](NC(=O)[C@@H](Cc1c[nH]c2ccccc12)NC(=O)[C@H](Cc1ccc(O)cc1)NC(=O)[C@H](CO)NC(=O)[C@H](Cc1c[nH]c2ccccc12)NC(=O)[C@@H](N)Cc1cnc[nH]1)C(=O)N[C@@H](CCCN=C(N)N)C(=O)N1CCC[C@H]1C(=O)NCC(N)=O. The van der Waals surface area contributed by atoms with Gasteiger partial charge in [-0.05, 0) is 79.0 Å². The summed E-state index contributed by atoms with van der Waals surface area (Å²) in [6.45, 7) is 2.45. The van der Waals surface area contributed by atoms with Crippen LogP contribution >= 0.6 is 0 Å². The zero-order valence-corrected chi connectivity index (χ0v) is 48.3. The lowest BCUT2D eigenvalue weighted by Crippen LogP contribution is -2.61. The molecule has 0 unspecified atom stereocenters. The average molecular weight is 1200 g/mol. The highest BCUT2D eigenvalue weighted by Gasteiger charge is 2.40. The molecule has 1 saturated heterocycles.